The average Bonchev–Trinajstić information content (AvgIpc) is 3.10. The molecule has 2 heterocycles. The number of hydrogen-bond acceptors (Lipinski definition) is 5. The standard InChI is InChI=1S/C14H17N3O3/c1-9-6-11(20-17-9)7-13(18)16-14-15-8-12(19-14)10-4-2-3-5-10/h6,8,10H,2-5,7H2,1H3,(H,15,16,18). The Hall–Kier alpha value is -2.11. The van der Waals surface area contributed by atoms with Crippen molar-refractivity contribution in [1.82, 2.24) is 10.1 Å². The summed E-state index contributed by atoms with van der Waals surface area (Å²) in [5, 5.41) is 6.38. The van der Waals surface area contributed by atoms with E-state index in [1.54, 1.807) is 12.3 Å². The van der Waals surface area contributed by atoms with Crippen LogP contribution in [0.2, 0.25) is 0 Å². The smallest absolute Gasteiger partial charge is 0.301 e. The molecule has 0 spiro atoms. The molecule has 3 rings (SSSR count). The van der Waals surface area contributed by atoms with Crippen molar-refractivity contribution in [2.45, 2.75) is 44.9 Å². The van der Waals surface area contributed by atoms with E-state index in [0.717, 1.165) is 24.3 Å². The second kappa shape index (κ2) is 5.48. The Morgan fingerprint density at radius 3 is 2.95 bits per heavy atom. The van der Waals surface area contributed by atoms with Gasteiger partial charge < -0.3 is 8.94 Å². The molecule has 0 aliphatic heterocycles. The summed E-state index contributed by atoms with van der Waals surface area (Å²) in [5.41, 5.74) is 0.757. The van der Waals surface area contributed by atoms with E-state index in [9.17, 15) is 4.79 Å². The molecule has 0 radical (unpaired) electrons. The molecule has 6 heteroatoms. The summed E-state index contributed by atoms with van der Waals surface area (Å²) >= 11 is 0. The number of aryl methyl sites for hydroxylation is 1. The van der Waals surface area contributed by atoms with E-state index < -0.39 is 0 Å². The first-order chi connectivity index (χ1) is 9.70. The van der Waals surface area contributed by atoms with Crippen molar-refractivity contribution in [3.05, 3.63) is 29.5 Å². The molecular formula is C14H17N3O3. The lowest BCUT2D eigenvalue weighted by molar-refractivity contribution is -0.116. The van der Waals surface area contributed by atoms with E-state index in [0.29, 0.717) is 11.7 Å². The average molecular weight is 275 g/mol. The highest BCUT2D eigenvalue weighted by atomic mass is 16.5. The zero-order valence-electron chi connectivity index (χ0n) is 11.4. The molecule has 0 atom stereocenters. The summed E-state index contributed by atoms with van der Waals surface area (Å²) < 4.78 is 10.6. The number of oxazole rings is 1. The Morgan fingerprint density at radius 1 is 1.45 bits per heavy atom. The van der Waals surface area contributed by atoms with Gasteiger partial charge in [-0.3, -0.25) is 10.1 Å². The summed E-state index contributed by atoms with van der Waals surface area (Å²) in [5.74, 6) is 1.63. The first-order valence-corrected chi connectivity index (χ1v) is 6.88. The molecule has 6 nitrogen and oxygen atoms in total. The van der Waals surface area contributed by atoms with Crippen LogP contribution >= 0.6 is 0 Å². The second-order valence-electron chi connectivity index (χ2n) is 5.21. The molecule has 1 N–H and O–H groups in total. The Labute approximate surface area is 116 Å². The molecule has 2 aromatic rings. The lowest BCUT2D eigenvalue weighted by Crippen LogP contribution is -2.14. The molecular weight excluding hydrogens is 258 g/mol. The van der Waals surface area contributed by atoms with Gasteiger partial charge in [-0.2, -0.15) is 0 Å². The molecule has 1 aliphatic rings. The molecule has 20 heavy (non-hydrogen) atoms. The van der Waals surface area contributed by atoms with Crippen molar-refractivity contribution in [1.29, 1.82) is 0 Å². The van der Waals surface area contributed by atoms with Crippen LogP contribution in [-0.2, 0) is 11.2 Å². The lowest BCUT2D eigenvalue weighted by Gasteiger charge is -2.02. The number of carbonyl (C=O) groups is 1. The van der Waals surface area contributed by atoms with Gasteiger partial charge in [0.05, 0.1) is 18.3 Å². The maximum atomic E-state index is 11.8. The number of nitrogens with zero attached hydrogens (tertiary/aromatic N) is 2. The quantitative estimate of drug-likeness (QED) is 0.927. The van der Waals surface area contributed by atoms with Gasteiger partial charge in [0.25, 0.3) is 0 Å². The van der Waals surface area contributed by atoms with Gasteiger partial charge in [-0.25, -0.2) is 4.98 Å². The van der Waals surface area contributed by atoms with Crippen LogP contribution in [0.25, 0.3) is 0 Å². The van der Waals surface area contributed by atoms with E-state index in [1.807, 2.05) is 6.92 Å². The number of amides is 1. The van der Waals surface area contributed by atoms with Crippen LogP contribution in [0, 0.1) is 6.92 Å². The number of carbonyl (C=O) groups excluding carboxylic acids is 1. The van der Waals surface area contributed by atoms with Crippen molar-refractivity contribution in [3.8, 4) is 0 Å². The largest absolute Gasteiger partial charge is 0.428 e. The Kier molecular flexibility index (Phi) is 3.54. The summed E-state index contributed by atoms with van der Waals surface area (Å²) in [4.78, 5) is 15.9. The molecule has 1 fully saturated rings. The van der Waals surface area contributed by atoms with Gasteiger partial charge in [0.15, 0.2) is 0 Å². The first kappa shape index (κ1) is 12.9. The van der Waals surface area contributed by atoms with E-state index in [4.69, 9.17) is 8.94 Å². The summed E-state index contributed by atoms with van der Waals surface area (Å²) in [6, 6.07) is 1.99. The number of nitrogens with one attached hydrogen (secondary N) is 1. The van der Waals surface area contributed by atoms with E-state index >= 15 is 0 Å². The second-order valence-corrected chi connectivity index (χ2v) is 5.21. The molecule has 0 aromatic carbocycles. The fraction of sp³-hybridized carbons (Fsp3) is 0.500. The number of anilines is 1. The summed E-state index contributed by atoms with van der Waals surface area (Å²) in [7, 11) is 0. The highest BCUT2D eigenvalue weighted by molar-refractivity contribution is 5.89. The van der Waals surface area contributed by atoms with Crippen molar-refractivity contribution in [3.63, 3.8) is 0 Å². The fourth-order valence-corrected chi connectivity index (χ4v) is 2.56. The third kappa shape index (κ3) is 2.89. The van der Waals surface area contributed by atoms with Crippen LogP contribution in [-0.4, -0.2) is 16.0 Å². The molecule has 0 saturated heterocycles. The van der Waals surface area contributed by atoms with Gasteiger partial charge in [0.1, 0.15) is 11.5 Å². The fourth-order valence-electron chi connectivity index (χ4n) is 2.56. The highest BCUT2D eigenvalue weighted by Gasteiger charge is 2.21. The van der Waals surface area contributed by atoms with Gasteiger partial charge in [-0.05, 0) is 19.8 Å². The minimum atomic E-state index is -0.221. The van der Waals surface area contributed by atoms with Crippen LogP contribution in [0.15, 0.2) is 21.2 Å². The van der Waals surface area contributed by atoms with Crippen molar-refractivity contribution in [2.24, 2.45) is 0 Å². The van der Waals surface area contributed by atoms with Gasteiger partial charge in [-0.1, -0.05) is 18.0 Å². The third-order valence-electron chi connectivity index (χ3n) is 3.54. The van der Waals surface area contributed by atoms with Crippen LogP contribution < -0.4 is 5.32 Å². The zero-order valence-corrected chi connectivity index (χ0v) is 11.4. The van der Waals surface area contributed by atoms with Gasteiger partial charge in [0, 0.05) is 12.0 Å². The van der Waals surface area contributed by atoms with Crippen LogP contribution in [0.5, 0.6) is 0 Å². The summed E-state index contributed by atoms with van der Waals surface area (Å²) in [6.07, 6.45) is 6.59. The minimum Gasteiger partial charge on any atom is -0.428 e. The molecule has 0 unspecified atom stereocenters. The molecule has 1 amide bonds. The number of rotatable bonds is 4. The van der Waals surface area contributed by atoms with E-state index in [2.05, 4.69) is 15.5 Å². The SMILES string of the molecule is Cc1cc(CC(=O)Nc2ncc(C3CCCC3)o2)on1. The Morgan fingerprint density at radius 2 is 2.25 bits per heavy atom. The van der Waals surface area contributed by atoms with Crippen LogP contribution in [0.1, 0.15) is 48.8 Å². The molecule has 1 aliphatic carbocycles. The van der Waals surface area contributed by atoms with Gasteiger partial charge in [0.2, 0.25) is 5.91 Å². The third-order valence-corrected chi connectivity index (χ3v) is 3.54. The van der Waals surface area contributed by atoms with Crippen molar-refractivity contribution in [2.75, 3.05) is 5.32 Å². The maximum absolute atomic E-state index is 11.8. The monoisotopic (exact) mass is 275 g/mol. The zero-order chi connectivity index (χ0) is 13.9. The van der Waals surface area contributed by atoms with E-state index in [-0.39, 0.29) is 18.3 Å². The molecule has 0 bridgehead atoms. The van der Waals surface area contributed by atoms with E-state index in [1.165, 1.54) is 12.8 Å². The Balaban J connectivity index is 1.58. The number of hydrogen-bond donors (Lipinski definition) is 1. The molecule has 1 saturated carbocycles. The normalized spacial score (nSPS) is 15.7. The van der Waals surface area contributed by atoms with Gasteiger partial charge in [-0.15, -0.1) is 0 Å². The predicted octanol–water partition coefficient (Wildman–Crippen LogP) is 2.81. The minimum absolute atomic E-state index is 0.127. The maximum Gasteiger partial charge on any atom is 0.301 e. The first-order valence-electron chi connectivity index (χ1n) is 6.88. The summed E-state index contributed by atoms with van der Waals surface area (Å²) in [6.45, 7) is 1.81. The van der Waals surface area contributed by atoms with Crippen LogP contribution in [0.4, 0.5) is 6.01 Å². The number of aromatic nitrogens is 2. The van der Waals surface area contributed by atoms with Crippen LogP contribution in [0.3, 0.4) is 0 Å². The van der Waals surface area contributed by atoms with Gasteiger partial charge >= 0.3 is 6.01 Å². The van der Waals surface area contributed by atoms with Crippen molar-refractivity contribution >= 4 is 11.9 Å². The lowest BCUT2D eigenvalue weighted by atomic mass is 10.1. The topological polar surface area (TPSA) is 81.2 Å². The highest BCUT2D eigenvalue weighted by Crippen LogP contribution is 2.34. The molecule has 2 aromatic heterocycles. The Bertz CT molecular complexity index is 596. The van der Waals surface area contributed by atoms with Crippen molar-refractivity contribution < 1.29 is 13.7 Å². The predicted molar refractivity (Wildman–Crippen MR) is 71.3 cm³/mol. The molecule has 106 valence electrons.